The van der Waals surface area contributed by atoms with Crippen LogP contribution in [0.5, 0.6) is 0 Å². The van der Waals surface area contributed by atoms with E-state index in [1.165, 1.54) is 6.26 Å². The molecule has 32 heavy (non-hydrogen) atoms. The number of rotatable bonds is 4. The summed E-state index contributed by atoms with van der Waals surface area (Å²) in [7, 11) is 0. The van der Waals surface area contributed by atoms with Gasteiger partial charge in [0.05, 0.1) is 12.9 Å². The van der Waals surface area contributed by atoms with Crippen LogP contribution in [-0.2, 0) is 9.47 Å². The fourth-order valence-electron chi connectivity index (χ4n) is 5.24. The molecule has 4 rings (SSSR count). The smallest absolute Gasteiger partial charge is 0.410 e. The molecule has 0 radical (unpaired) electrons. The van der Waals surface area contributed by atoms with Crippen molar-refractivity contribution in [3.8, 4) is 0 Å². The molecular formula is C24H37N3O5. The van der Waals surface area contributed by atoms with Gasteiger partial charge in [-0.25, -0.2) is 4.79 Å². The van der Waals surface area contributed by atoms with Crippen LogP contribution in [0.2, 0.25) is 0 Å². The Morgan fingerprint density at radius 2 is 1.91 bits per heavy atom. The lowest BCUT2D eigenvalue weighted by Crippen LogP contribution is -2.56. The van der Waals surface area contributed by atoms with Gasteiger partial charge >= 0.3 is 6.09 Å². The maximum Gasteiger partial charge on any atom is 0.410 e. The molecule has 8 nitrogen and oxygen atoms in total. The van der Waals surface area contributed by atoms with Gasteiger partial charge in [0.15, 0.2) is 5.76 Å². The summed E-state index contributed by atoms with van der Waals surface area (Å²) in [6.07, 6.45) is 6.08. The van der Waals surface area contributed by atoms with E-state index < -0.39 is 5.60 Å². The zero-order valence-electron chi connectivity index (χ0n) is 19.5. The lowest BCUT2D eigenvalue weighted by molar-refractivity contribution is -0.0194. The highest BCUT2D eigenvalue weighted by atomic mass is 16.6. The molecule has 2 amide bonds. The van der Waals surface area contributed by atoms with E-state index in [0.717, 1.165) is 58.3 Å². The van der Waals surface area contributed by atoms with Crippen LogP contribution in [0.1, 0.15) is 63.4 Å². The number of piperidine rings is 1. The lowest BCUT2D eigenvalue weighted by atomic mass is 9.86. The number of furan rings is 1. The Balaban J connectivity index is 1.34. The van der Waals surface area contributed by atoms with E-state index >= 15 is 0 Å². The third-order valence-electron chi connectivity index (χ3n) is 6.79. The Kier molecular flexibility index (Phi) is 7.10. The van der Waals surface area contributed by atoms with Gasteiger partial charge in [0.2, 0.25) is 0 Å². The van der Waals surface area contributed by atoms with Crippen LogP contribution in [-0.4, -0.2) is 78.4 Å². The molecule has 3 aliphatic rings. The van der Waals surface area contributed by atoms with Crippen LogP contribution in [0.4, 0.5) is 4.79 Å². The summed E-state index contributed by atoms with van der Waals surface area (Å²) in [4.78, 5) is 29.1. The van der Waals surface area contributed by atoms with E-state index in [2.05, 4.69) is 5.32 Å². The molecule has 4 heterocycles. The van der Waals surface area contributed by atoms with Gasteiger partial charge < -0.3 is 29.0 Å². The van der Waals surface area contributed by atoms with Gasteiger partial charge in [-0.3, -0.25) is 4.79 Å². The van der Waals surface area contributed by atoms with Gasteiger partial charge in [-0.05, 0) is 65.0 Å². The molecule has 8 heteroatoms. The summed E-state index contributed by atoms with van der Waals surface area (Å²) >= 11 is 0. The van der Waals surface area contributed by atoms with E-state index in [0.29, 0.717) is 24.5 Å². The monoisotopic (exact) mass is 447 g/mol. The molecule has 1 aromatic heterocycles. The van der Waals surface area contributed by atoms with Crippen molar-refractivity contribution in [1.82, 2.24) is 15.1 Å². The normalized spacial score (nSPS) is 27.5. The Labute approximate surface area is 190 Å². The molecule has 0 aromatic carbocycles. The number of likely N-dealkylation sites (tertiary alicyclic amines) is 2. The summed E-state index contributed by atoms with van der Waals surface area (Å²) in [5.41, 5.74) is -0.494. The molecule has 0 saturated carbocycles. The van der Waals surface area contributed by atoms with Crippen molar-refractivity contribution < 1.29 is 23.5 Å². The largest absolute Gasteiger partial charge is 0.459 e. The second-order valence-corrected chi connectivity index (χ2v) is 10.2. The minimum atomic E-state index is -0.494. The number of hydrogen-bond acceptors (Lipinski definition) is 6. The van der Waals surface area contributed by atoms with Crippen LogP contribution in [0.15, 0.2) is 22.8 Å². The number of ether oxygens (including phenoxy) is 2. The third kappa shape index (κ3) is 5.46. The lowest BCUT2D eigenvalue weighted by Gasteiger charge is -2.42. The van der Waals surface area contributed by atoms with Gasteiger partial charge in [-0.15, -0.1) is 0 Å². The highest BCUT2D eigenvalue weighted by molar-refractivity contribution is 5.91. The zero-order valence-corrected chi connectivity index (χ0v) is 19.5. The summed E-state index contributed by atoms with van der Waals surface area (Å²) in [6, 6.07) is 4.27. The highest BCUT2D eigenvalue weighted by Crippen LogP contribution is 2.32. The molecule has 1 N–H and O–H groups in total. The first-order valence-electron chi connectivity index (χ1n) is 12.0. The van der Waals surface area contributed by atoms with Gasteiger partial charge in [0.25, 0.3) is 5.91 Å². The maximum atomic E-state index is 12.8. The summed E-state index contributed by atoms with van der Waals surface area (Å²) in [6.45, 7) is 9.32. The molecular weight excluding hydrogens is 410 g/mol. The van der Waals surface area contributed by atoms with Crippen molar-refractivity contribution in [2.45, 2.75) is 76.6 Å². The Morgan fingerprint density at radius 1 is 1.12 bits per heavy atom. The fraction of sp³-hybridized carbons (Fsp3) is 0.750. The van der Waals surface area contributed by atoms with Crippen LogP contribution < -0.4 is 5.32 Å². The van der Waals surface area contributed by atoms with E-state index in [4.69, 9.17) is 13.9 Å². The number of carbonyl (C=O) groups excluding carboxylic acids is 2. The molecule has 0 aliphatic carbocycles. The average molecular weight is 448 g/mol. The van der Waals surface area contributed by atoms with Crippen molar-refractivity contribution in [3.05, 3.63) is 24.2 Å². The predicted molar refractivity (Wildman–Crippen MR) is 119 cm³/mol. The number of hydrogen-bond donors (Lipinski definition) is 1. The average Bonchev–Trinajstić information content (AvgIpc) is 3.45. The van der Waals surface area contributed by atoms with Gasteiger partial charge in [0, 0.05) is 50.3 Å². The minimum absolute atomic E-state index is 0.0312. The van der Waals surface area contributed by atoms with Crippen molar-refractivity contribution in [3.63, 3.8) is 0 Å². The SMILES string of the molecule is CC(C)(C)OC(=O)N1CCC[C@@H]1[C@H]1COCC[C@@H]1NC1CCN(C(=O)c2ccco2)CC1. The van der Waals surface area contributed by atoms with Gasteiger partial charge in [0.1, 0.15) is 5.60 Å². The molecule has 0 spiro atoms. The van der Waals surface area contributed by atoms with Crippen LogP contribution in [0, 0.1) is 5.92 Å². The molecule has 3 atom stereocenters. The van der Waals surface area contributed by atoms with Crippen molar-refractivity contribution in [1.29, 1.82) is 0 Å². The number of nitrogens with zero attached hydrogens (tertiary/aromatic N) is 2. The van der Waals surface area contributed by atoms with Crippen molar-refractivity contribution >= 4 is 12.0 Å². The molecule has 0 bridgehead atoms. The van der Waals surface area contributed by atoms with E-state index in [1.54, 1.807) is 12.1 Å². The Bertz CT molecular complexity index is 767. The van der Waals surface area contributed by atoms with Crippen molar-refractivity contribution in [2.75, 3.05) is 32.8 Å². The standard InChI is InChI=1S/C24H37N3O5/c1-24(2,3)32-23(29)27-11-4-6-20(27)18-16-30-15-10-19(18)25-17-8-12-26(13-9-17)22(28)21-7-5-14-31-21/h5,7,14,17-20,25H,4,6,8-13,15-16H2,1-3H3/t18-,19-,20+/m0/s1. The molecule has 1 aromatic rings. The molecule has 178 valence electrons. The minimum Gasteiger partial charge on any atom is -0.459 e. The summed E-state index contributed by atoms with van der Waals surface area (Å²) in [5, 5.41) is 3.87. The fourth-order valence-corrected chi connectivity index (χ4v) is 5.24. The van der Waals surface area contributed by atoms with E-state index in [1.807, 2.05) is 30.6 Å². The third-order valence-corrected chi connectivity index (χ3v) is 6.79. The molecule has 3 saturated heterocycles. The Hall–Kier alpha value is -2.06. The molecule has 3 aliphatic heterocycles. The van der Waals surface area contributed by atoms with E-state index in [-0.39, 0.29) is 24.0 Å². The molecule has 3 fully saturated rings. The number of amides is 2. The van der Waals surface area contributed by atoms with E-state index in [9.17, 15) is 9.59 Å². The highest BCUT2D eigenvalue weighted by Gasteiger charge is 2.42. The second-order valence-electron chi connectivity index (χ2n) is 10.2. The molecule has 0 unspecified atom stereocenters. The van der Waals surface area contributed by atoms with Gasteiger partial charge in [-0.2, -0.15) is 0 Å². The summed E-state index contributed by atoms with van der Waals surface area (Å²) < 4.78 is 16.8. The first kappa shape index (κ1) is 23.1. The first-order chi connectivity index (χ1) is 15.3. The number of nitrogens with one attached hydrogen (secondary N) is 1. The first-order valence-corrected chi connectivity index (χ1v) is 12.0. The van der Waals surface area contributed by atoms with Gasteiger partial charge in [-0.1, -0.05) is 0 Å². The maximum absolute atomic E-state index is 12.8. The summed E-state index contributed by atoms with van der Waals surface area (Å²) in [5.74, 6) is 0.627. The second kappa shape index (κ2) is 9.83. The zero-order chi connectivity index (χ0) is 22.7. The number of carbonyl (C=O) groups is 2. The predicted octanol–water partition coefficient (Wildman–Crippen LogP) is 3.28. The topological polar surface area (TPSA) is 84.2 Å². The van der Waals surface area contributed by atoms with Crippen LogP contribution >= 0.6 is 0 Å². The van der Waals surface area contributed by atoms with Crippen molar-refractivity contribution in [2.24, 2.45) is 5.92 Å². The van der Waals surface area contributed by atoms with Crippen LogP contribution in [0.25, 0.3) is 0 Å². The Morgan fingerprint density at radius 3 is 2.59 bits per heavy atom. The quantitative estimate of drug-likeness (QED) is 0.763. The van der Waals surface area contributed by atoms with Crippen LogP contribution in [0.3, 0.4) is 0 Å².